The Hall–Kier alpha value is -2.25. The van der Waals surface area contributed by atoms with E-state index in [2.05, 4.69) is 5.32 Å². The first-order valence-corrected chi connectivity index (χ1v) is 11.3. The van der Waals surface area contributed by atoms with E-state index >= 15 is 0 Å². The van der Waals surface area contributed by atoms with E-state index in [0.717, 1.165) is 5.75 Å². The Labute approximate surface area is 176 Å². The molecule has 0 bridgehead atoms. The molecule has 1 aliphatic rings. The van der Waals surface area contributed by atoms with Gasteiger partial charge in [0.2, 0.25) is 5.91 Å². The van der Waals surface area contributed by atoms with E-state index in [-0.39, 0.29) is 18.0 Å². The Morgan fingerprint density at radius 3 is 2.21 bits per heavy atom. The number of amides is 1. The third-order valence-corrected chi connectivity index (χ3v) is 7.95. The van der Waals surface area contributed by atoms with Crippen molar-refractivity contribution in [2.45, 2.75) is 35.3 Å². The van der Waals surface area contributed by atoms with Gasteiger partial charge in [0, 0.05) is 5.02 Å². The zero-order valence-corrected chi connectivity index (χ0v) is 17.8. The zero-order valence-electron chi connectivity index (χ0n) is 16.2. The van der Waals surface area contributed by atoms with E-state index in [1.165, 1.54) is 24.3 Å². The molecular weight excluding hydrogens is 414 g/mol. The second-order valence-electron chi connectivity index (χ2n) is 6.94. The quantitative estimate of drug-likeness (QED) is 0.638. The Morgan fingerprint density at radius 1 is 1.03 bits per heavy atom. The van der Waals surface area contributed by atoms with Crippen LogP contribution in [0.5, 0.6) is 11.5 Å². The molecule has 1 saturated carbocycles. The highest BCUT2D eigenvalue weighted by Gasteiger charge is 2.52. The zero-order chi connectivity index (χ0) is 20.9. The molecule has 2 aromatic carbocycles. The predicted molar refractivity (Wildman–Crippen MR) is 111 cm³/mol. The summed E-state index contributed by atoms with van der Waals surface area (Å²) < 4.78 is 35.8. The van der Waals surface area contributed by atoms with Crippen molar-refractivity contribution in [2.24, 2.45) is 0 Å². The van der Waals surface area contributed by atoms with Gasteiger partial charge in [0.25, 0.3) is 0 Å². The molecule has 29 heavy (non-hydrogen) atoms. The molecular formula is C21H24ClNO5S. The summed E-state index contributed by atoms with van der Waals surface area (Å²) in [6.45, 7) is 0.442. The summed E-state index contributed by atoms with van der Waals surface area (Å²) in [5, 5.41) is 3.20. The summed E-state index contributed by atoms with van der Waals surface area (Å²) in [6.07, 6.45) is 2.01. The molecule has 1 aliphatic carbocycles. The summed E-state index contributed by atoms with van der Waals surface area (Å²) in [6, 6.07) is 13.1. The fourth-order valence-electron chi connectivity index (χ4n) is 3.57. The summed E-state index contributed by atoms with van der Waals surface area (Å²) in [5.41, 5.74) is 0. The van der Waals surface area contributed by atoms with E-state index in [1.54, 1.807) is 31.4 Å². The number of sulfone groups is 1. The van der Waals surface area contributed by atoms with Crippen LogP contribution in [0, 0.1) is 0 Å². The standard InChI is InChI=1S/C21H24ClNO5S/c1-27-17-6-8-18(9-7-17)28-15-14-23-20(24)21(12-2-3-13-21)29(25,26)19-10-4-16(22)5-11-19/h4-11H,2-3,12-15H2,1H3,(H,23,24). The van der Waals surface area contributed by atoms with Crippen molar-refractivity contribution in [1.82, 2.24) is 5.32 Å². The van der Waals surface area contributed by atoms with Gasteiger partial charge in [-0.1, -0.05) is 24.4 Å². The molecule has 0 aliphatic heterocycles. The number of methoxy groups -OCH3 is 1. The van der Waals surface area contributed by atoms with Crippen molar-refractivity contribution < 1.29 is 22.7 Å². The van der Waals surface area contributed by atoms with E-state index < -0.39 is 20.5 Å². The highest BCUT2D eigenvalue weighted by atomic mass is 35.5. The van der Waals surface area contributed by atoms with E-state index in [4.69, 9.17) is 21.1 Å². The molecule has 156 valence electrons. The molecule has 2 aromatic rings. The first-order valence-electron chi connectivity index (χ1n) is 9.44. The molecule has 0 aromatic heterocycles. The molecule has 1 fully saturated rings. The van der Waals surface area contributed by atoms with Crippen molar-refractivity contribution in [3.05, 3.63) is 53.6 Å². The maximum Gasteiger partial charge on any atom is 0.241 e. The largest absolute Gasteiger partial charge is 0.497 e. The van der Waals surface area contributed by atoms with Crippen LogP contribution in [0.25, 0.3) is 0 Å². The minimum absolute atomic E-state index is 0.119. The summed E-state index contributed by atoms with van der Waals surface area (Å²) in [7, 11) is -2.25. The van der Waals surface area contributed by atoms with Gasteiger partial charge in [0.05, 0.1) is 18.6 Å². The van der Waals surface area contributed by atoms with Crippen molar-refractivity contribution in [1.29, 1.82) is 0 Å². The minimum atomic E-state index is -3.84. The van der Waals surface area contributed by atoms with Gasteiger partial charge in [0.15, 0.2) is 14.6 Å². The third-order valence-electron chi connectivity index (χ3n) is 5.18. The highest BCUT2D eigenvalue weighted by molar-refractivity contribution is 7.93. The van der Waals surface area contributed by atoms with Gasteiger partial charge in [-0.05, 0) is 61.4 Å². The van der Waals surface area contributed by atoms with Crippen LogP contribution in [0.2, 0.25) is 5.02 Å². The van der Waals surface area contributed by atoms with E-state index in [9.17, 15) is 13.2 Å². The molecule has 0 unspecified atom stereocenters. The van der Waals surface area contributed by atoms with Gasteiger partial charge in [-0.25, -0.2) is 8.42 Å². The number of hydrogen-bond donors (Lipinski definition) is 1. The SMILES string of the molecule is COc1ccc(OCCNC(=O)C2(S(=O)(=O)c3ccc(Cl)cc3)CCCC2)cc1. The lowest BCUT2D eigenvalue weighted by atomic mass is 10.1. The number of hydrogen-bond acceptors (Lipinski definition) is 5. The van der Waals surface area contributed by atoms with Crippen LogP contribution in [0.3, 0.4) is 0 Å². The fourth-order valence-corrected chi connectivity index (χ4v) is 5.78. The van der Waals surface area contributed by atoms with Crippen LogP contribution in [0.1, 0.15) is 25.7 Å². The van der Waals surface area contributed by atoms with Crippen LogP contribution < -0.4 is 14.8 Å². The molecule has 6 nitrogen and oxygen atoms in total. The molecule has 0 atom stereocenters. The van der Waals surface area contributed by atoms with Crippen molar-refractivity contribution in [2.75, 3.05) is 20.3 Å². The average molecular weight is 438 g/mol. The Balaban J connectivity index is 1.65. The van der Waals surface area contributed by atoms with Crippen LogP contribution in [-0.2, 0) is 14.6 Å². The van der Waals surface area contributed by atoms with Crippen LogP contribution >= 0.6 is 11.6 Å². The number of halogens is 1. The normalized spacial score (nSPS) is 15.7. The van der Waals surface area contributed by atoms with Gasteiger partial charge in [-0.3, -0.25) is 4.79 Å². The monoisotopic (exact) mass is 437 g/mol. The Morgan fingerprint density at radius 2 is 1.62 bits per heavy atom. The van der Waals surface area contributed by atoms with Crippen molar-refractivity contribution >= 4 is 27.3 Å². The Kier molecular flexibility index (Phi) is 6.70. The number of benzene rings is 2. The van der Waals surface area contributed by atoms with E-state index in [1.807, 2.05) is 0 Å². The molecule has 0 spiro atoms. The van der Waals surface area contributed by atoms with Gasteiger partial charge < -0.3 is 14.8 Å². The van der Waals surface area contributed by atoms with Gasteiger partial charge in [-0.15, -0.1) is 0 Å². The second-order valence-corrected chi connectivity index (χ2v) is 9.63. The molecule has 3 rings (SSSR count). The smallest absolute Gasteiger partial charge is 0.241 e. The average Bonchev–Trinajstić information content (AvgIpc) is 3.24. The topological polar surface area (TPSA) is 81.7 Å². The van der Waals surface area contributed by atoms with Crippen molar-refractivity contribution in [3.8, 4) is 11.5 Å². The number of carbonyl (C=O) groups excluding carboxylic acids is 1. The predicted octanol–water partition coefficient (Wildman–Crippen LogP) is 3.63. The maximum absolute atomic E-state index is 13.3. The van der Waals surface area contributed by atoms with Crippen LogP contribution in [0.15, 0.2) is 53.4 Å². The van der Waals surface area contributed by atoms with Crippen LogP contribution in [0.4, 0.5) is 0 Å². The molecule has 1 N–H and O–H groups in total. The summed E-state index contributed by atoms with van der Waals surface area (Å²) in [5.74, 6) is 0.897. The molecule has 0 saturated heterocycles. The Bertz CT molecular complexity index is 936. The lowest BCUT2D eigenvalue weighted by Crippen LogP contribution is -2.51. The van der Waals surface area contributed by atoms with Gasteiger partial charge in [0.1, 0.15) is 18.1 Å². The second kappa shape index (κ2) is 9.05. The molecule has 1 amide bonds. The maximum atomic E-state index is 13.3. The third kappa shape index (κ3) is 4.51. The molecule has 8 heteroatoms. The fraction of sp³-hybridized carbons (Fsp3) is 0.381. The number of rotatable bonds is 8. The first-order chi connectivity index (χ1) is 13.9. The highest BCUT2D eigenvalue weighted by Crippen LogP contribution is 2.41. The number of ether oxygens (including phenoxy) is 2. The van der Waals surface area contributed by atoms with E-state index in [0.29, 0.717) is 36.5 Å². The lowest BCUT2D eigenvalue weighted by molar-refractivity contribution is -0.123. The first kappa shape index (κ1) is 21.5. The van der Waals surface area contributed by atoms with Gasteiger partial charge >= 0.3 is 0 Å². The molecule has 0 heterocycles. The van der Waals surface area contributed by atoms with Crippen LogP contribution in [-0.4, -0.2) is 39.3 Å². The van der Waals surface area contributed by atoms with Gasteiger partial charge in [-0.2, -0.15) is 0 Å². The molecule has 0 radical (unpaired) electrons. The summed E-state index contributed by atoms with van der Waals surface area (Å²) >= 11 is 5.88. The lowest BCUT2D eigenvalue weighted by Gasteiger charge is -2.27. The summed E-state index contributed by atoms with van der Waals surface area (Å²) in [4.78, 5) is 13.1. The number of carbonyl (C=O) groups is 1. The van der Waals surface area contributed by atoms with Crippen molar-refractivity contribution in [3.63, 3.8) is 0 Å². The number of nitrogens with one attached hydrogen (secondary N) is 1. The minimum Gasteiger partial charge on any atom is -0.497 e.